The number of hydrogen-bond donors (Lipinski definition) is 1. The van der Waals surface area contributed by atoms with Crippen LogP contribution in [-0.2, 0) is 5.41 Å². The normalized spacial score (nSPS) is 18.2. The van der Waals surface area contributed by atoms with Crippen LogP contribution in [0, 0.1) is 0 Å². The summed E-state index contributed by atoms with van der Waals surface area (Å²) < 4.78 is 0. The number of carbonyl (C=O) groups is 1. The molecule has 0 bridgehead atoms. The summed E-state index contributed by atoms with van der Waals surface area (Å²) in [5, 5.41) is 6.95. The van der Waals surface area contributed by atoms with Crippen molar-refractivity contribution in [1.82, 2.24) is 25.0 Å². The van der Waals surface area contributed by atoms with Crippen LogP contribution in [0.5, 0.6) is 0 Å². The zero-order valence-electron chi connectivity index (χ0n) is 13.1. The molecule has 0 aliphatic carbocycles. The predicted molar refractivity (Wildman–Crippen MR) is 77.7 cm³/mol. The van der Waals surface area contributed by atoms with Gasteiger partial charge >= 0.3 is 0 Å². The number of nitrogens with one attached hydrogen (secondary N) is 1. The topological polar surface area (TPSA) is 65.1 Å². The van der Waals surface area contributed by atoms with Gasteiger partial charge in [0, 0.05) is 18.5 Å². The van der Waals surface area contributed by atoms with Crippen molar-refractivity contribution >= 4 is 5.91 Å². The Morgan fingerprint density at radius 1 is 1.35 bits per heavy atom. The van der Waals surface area contributed by atoms with E-state index in [0.29, 0.717) is 0 Å². The van der Waals surface area contributed by atoms with Crippen LogP contribution in [0.4, 0.5) is 0 Å². The summed E-state index contributed by atoms with van der Waals surface area (Å²) in [5.41, 5.74) is -0.127. The Morgan fingerprint density at radius 3 is 2.45 bits per heavy atom. The van der Waals surface area contributed by atoms with Gasteiger partial charge in [0.25, 0.3) is 5.91 Å². The Hall–Kier alpha value is -1.43. The van der Waals surface area contributed by atoms with Crippen molar-refractivity contribution in [3.05, 3.63) is 11.6 Å². The van der Waals surface area contributed by atoms with Crippen LogP contribution in [0.3, 0.4) is 0 Å². The SMILES string of the molecule is CN1CCC(N(C)C(=O)c2n[nH]c(C(C)(C)C)n2)CC1. The number of hydrogen-bond acceptors (Lipinski definition) is 4. The first-order valence-electron chi connectivity index (χ1n) is 7.17. The van der Waals surface area contributed by atoms with Crippen molar-refractivity contribution in [1.29, 1.82) is 0 Å². The highest BCUT2D eigenvalue weighted by Crippen LogP contribution is 2.19. The van der Waals surface area contributed by atoms with Gasteiger partial charge in [-0.2, -0.15) is 0 Å². The molecule has 6 nitrogen and oxygen atoms in total. The van der Waals surface area contributed by atoms with Crippen LogP contribution in [0.2, 0.25) is 0 Å². The fraction of sp³-hybridized carbons (Fsp3) is 0.786. The van der Waals surface area contributed by atoms with Crippen molar-refractivity contribution in [2.45, 2.75) is 45.1 Å². The largest absolute Gasteiger partial charge is 0.336 e. The molecule has 0 radical (unpaired) electrons. The summed E-state index contributed by atoms with van der Waals surface area (Å²) in [6.07, 6.45) is 2.02. The maximum Gasteiger partial charge on any atom is 0.293 e. The minimum Gasteiger partial charge on any atom is -0.336 e. The third-order valence-corrected chi connectivity index (χ3v) is 3.94. The fourth-order valence-electron chi connectivity index (χ4n) is 2.40. The molecule has 1 aromatic rings. The fourth-order valence-corrected chi connectivity index (χ4v) is 2.40. The Bertz CT molecular complexity index is 468. The van der Waals surface area contributed by atoms with Gasteiger partial charge in [0.15, 0.2) is 0 Å². The highest BCUT2D eigenvalue weighted by Gasteiger charge is 2.28. The van der Waals surface area contributed by atoms with Crippen molar-refractivity contribution in [3.63, 3.8) is 0 Å². The van der Waals surface area contributed by atoms with Gasteiger partial charge in [0.05, 0.1) is 0 Å². The molecule has 0 saturated carbocycles. The molecule has 1 aliphatic heterocycles. The number of rotatable bonds is 2. The van der Waals surface area contributed by atoms with E-state index in [0.717, 1.165) is 31.8 Å². The Kier molecular flexibility index (Phi) is 4.13. The lowest BCUT2D eigenvalue weighted by Gasteiger charge is -2.34. The molecule has 0 unspecified atom stereocenters. The van der Waals surface area contributed by atoms with Crippen LogP contribution in [0.25, 0.3) is 0 Å². The number of H-pyrrole nitrogens is 1. The summed E-state index contributed by atoms with van der Waals surface area (Å²) in [7, 11) is 3.97. The van der Waals surface area contributed by atoms with Crippen LogP contribution in [0.1, 0.15) is 50.1 Å². The van der Waals surface area contributed by atoms with Gasteiger partial charge in [-0.1, -0.05) is 20.8 Å². The predicted octanol–water partition coefficient (Wildman–Crippen LogP) is 1.27. The summed E-state index contributed by atoms with van der Waals surface area (Å²) in [6, 6.07) is 0.287. The number of aromatic nitrogens is 3. The van der Waals surface area contributed by atoms with Crippen LogP contribution in [-0.4, -0.2) is 64.1 Å². The molecule has 0 spiro atoms. The van der Waals surface area contributed by atoms with E-state index in [1.807, 2.05) is 27.8 Å². The molecule has 0 atom stereocenters. The van der Waals surface area contributed by atoms with Crippen LogP contribution in [0.15, 0.2) is 0 Å². The monoisotopic (exact) mass is 279 g/mol. The number of nitrogens with zero attached hydrogens (tertiary/aromatic N) is 4. The van der Waals surface area contributed by atoms with Gasteiger partial charge in [0.2, 0.25) is 5.82 Å². The van der Waals surface area contributed by atoms with Crippen molar-refractivity contribution in [2.75, 3.05) is 27.2 Å². The number of likely N-dealkylation sites (tertiary alicyclic amines) is 1. The minimum atomic E-state index is -0.127. The van der Waals surface area contributed by atoms with Crippen molar-refractivity contribution < 1.29 is 4.79 Å². The highest BCUT2D eigenvalue weighted by molar-refractivity contribution is 5.90. The molecule has 2 heterocycles. The number of aromatic amines is 1. The number of piperidine rings is 1. The number of carbonyl (C=O) groups excluding carboxylic acids is 1. The first-order chi connectivity index (χ1) is 9.29. The van der Waals surface area contributed by atoms with Gasteiger partial charge < -0.3 is 9.80 Å². The van der Waals surface area contributed by atoms with Crippen molar-refractivity contribution in [2.24, 2.45) is 0 Å². The molecular weight excluding hydrogens is 254 g/mol. The van der Waals surface area contributed by atoms with Crippen LogP contribution >= 0.6 is 0 Å². The lowest BCUT2D eigenvalue weighted by molar-refractivity contribution is 0.0648. The molecule has 1 fully saturated rings. The first kappa shape index (κ1) is 15.0. The highest BCUT2D eigenvalue weighted by atomic mass is 16.2. The molecule has 112 valence electrons. The Labute approximate surface area is 120 Å². The molecule has 2 rings (SSSR count). The standard InChI is InChI=1S/C14H25N5O/c1-14(2,3)13-15-11(16-17-13)12(20)19(5)10-6-8-18(4)9-7-10/h10H,6-9H2,1-5H3,(H,15,16,17). The average Bonchev–Trinajstić information content (AvgIpc) is 2.87. The van der Waals surface area contributed by atoms with Crippen LogP contribution < -0.4 is 0 Å². The van der Waals surface area contributed by atoms with Gasteiger partial charge in [-0.25, -0.2) is 4.98 Å². The average molecular weight is 279 g/mol. The zero-order chi connectivity index (χ0) is 14.9. The van der Waals surface area contributed by atoms with Crippen molar-refractivity contribution in [3.8, 4) is 0 Å². The Morgan fingerprint density at radius 2 is 1.95 bits per heavy atom. The maximum absolute atomic E-state index is 12.4. The minimum absolute atomic E-state index is 0.0914. The summed E-state index contributed by atoms with van der Waals surface area (Å²) >= 11 is 0. The molecule has 1 saturated heterocycles. The van der Waals surface area contributed by atoms with E-state index >= 15 is 0 Å². The molecular formula is C14H25N5O. The molecule has 1 aromatic heterocycles. The molecule has 20 heavy (non-hydrogen) atoms. The lowest BCUT2D eigenvalue weighted by Crippen LogP contribution is -2.44. The third kappa shape index (κ3) is 3.17. The third-order valence-electron chi connectivity index (χ3n) is 3.94. The second kappa shape index (κ2) is 5.52. The van der Waals surface area contributed by atoms with E-state index in [9.17, 15) is 4.79 Å². The van der Waals surface area contributed by atoms with E-state index in [1.54, 1.807) is 4.90 Å². The van der Waals surface area contributed by atoms with E-state index in [4.69, 9.17) is 0 Å². The van der Waals surface area contributed by atoms with Gasteiger partial charge in [0.1, 0.15) is 5.82 Å². The molecule has 1 N–H and O–H groups in total. The summed E-state index contributed by atoms with van der Waals surface area (Å²) in [5.74, 6) is 0.931. The number of amides is 1. The summed E-state index contributed by atoms with van der Waals surface area (Å²) in [4.78, 5) is 20.9. The van der Waals surface area contributed by atoms with E-state index < -0.39 is 0 Å². The Balaban J connectivity index is 2.05. The van der Waals surface area contributed by atoms with Gasteiger partial charge in [-0.3, -0.25) is 9.89 Å². The quantitative estimate of drug-likeness (QED) is 0.885. The van der Waals surface area contributed by atoms with Gasteiger partial charge in [-0.15, -0.1) is 5.10 Å². The van der Waals surface area contributed by atoms with E-state index in [1.165, 1.54) is 0 Å². The second-order valence-corrected chi connectivity index (χ2v) is 6.71. The lowest BCUT2D eigenvalue weighted by atomic mass is 9.96. The van der Waals surface area contributed by atoms with E-state index in [2.05, 4.69) is 27.1 Å². The second-order valence-electron chi connectivity index (χ2n) is 6.71. The summed E-state index contributed by atoms with van der Waals surface area (Å²) in [6.45, 7) is 8.19. The zero-order valence-corrected chi connectivity index (χ0v) is 13.1. The maximum atomic E-state index is 12.4. The molecule has 1 aliphatic rings. The molecule has 1 amide bonds. The van der Waals surface area contributed by atoms with Gasteiger partial charge in [-0.05, 0) is 33.0 Å². The smallest absolute Gasteiger partial charge is 0.293 e. The molecule has 0 aromatic carbocycles. The molecule has 6 heteroatoms. The van der Waals surface area contributed by atoms with E-state index in [-0.39, 0.29) is 23.2 Å². The first-order valence-corrected chi connectivity index (χ1v) is 7.17.